The Bertz CT molecular complexity index is 553. The van der Waals surface area contributed by atoms with Crippen molar-refractivity contribution < 1.29 is 4.39 Å². The van der Waals surface area contributed by atoms with Crippen molar-refractivity contribution in [3.63, 3.8) is 0 Å². The summed E-state index contributed by atoms with van der Waals surface area (Å²) in [6.07, 6.45) is 1.56. The molecule has 102 valence electrons. The largest absolute Gasteiger partial charge is 0.377 e. The van der Waals surface area contributed by atoms with Crippen LogP contribution < -0.4 is 5.32 Å². The normalized spacial score (nSPS) is 11.0. The smallest absolute Gasteiger partial charge is 0.146 e. The fourth-order valence-corrected chi connectivity index (χ4v) is 2.40. The van der Waals surface area contributed by atoms with Crippen LogP contribution in [0.3, 0.4) is 0 Å². The molecule has 0 bridgehead atoms. The van der Waals surface area contributed by atoms with Crippen molar-refractivity contribution in [2.24, 2.45) is 5.92 Å². The predicted octanol–water partition coefficient (Wildman–Crippen LogP) is 3.29. The molecule has 0 amide bonds. The molecule has 0 aliphatic heterocycles. The van der Waals surface area contributed by atoms with Crippen LogP contribution in [0.5, 0.6) is 0 Å². The molecule has 0 saturated carbocycles. The number of anilines is 1. The minimum Gasteiger partial charge on any atom is -0.377 e. The molecule has 0 aliphatic carbocycles. The minimum atomic E-state index is -0.224. The van der Waals surface area contributed by atoms with Gasteiger partial charge in [0.05, 0.1) is 6.54 Å². The summed E-state index contributed by atoms with van der Waals surface area (Å²) in [5.41, 5.74) is 0.904. The summed E-state index contributed by atoms with van der Waals surface area (Å²) in [4.78, 5) is 4.24. The van der Waals surface area contributed by atoms with E-state index in [0.29, 0.717) is 12.5 Å². The molecule has 1 aromatic carbocycles. The van der Waals surface area contributed by atoms with E-state index in [-0.39, 0.29) is 5.82 Å². The van der Waals surface area contributed by atoms with E-state index in [4.69, 9.17) is 0 Å². The monoisotopic (exact) mass is 374 g/mol. The van der Waals surface area contributed by atoms with Gasteiger partial charge in [0.15, 0.2) is 0 Å². The summed E-state index contributed by atoms with van der Waals surface area (Å²) in [6, 6.07) is 4.69. The van der Waals surface area contributed by atoms with Crippen molar-refractivity contribution in [2.75, 3.05) is 5.32 Å². The van der Waals surface area contributed by atoms with Crippen molar-refractivity contribution in [3.8, 4) is 0 Å². The fraction of sp³-hybridized carbons (Fsp3) is 0.385. The highest BCUT2D eigenvalue weighted by Gasteiger charge is 2.07. The number of halogens is 2. The van der Waals surface area contributed by atoms with Crippen LogP contribution in [0.25, 0.3) is 0 Å². The Morgan fingerprint density at radius 2 is 2.21 bits per heavy atom. The van der Waals surface area contributed by atoms with E-state index in [1.165, 1.54) is 12.1 Å². The molecule has 2 rings (SSSR count). The van der Waals surface area contributed by atoms with Crippen molar-refractivity contribution in [1.29, 1.82) is 0 Å². The Labute approximate surface area is 125 Å². The number of aromatic nitrogens is 3. The van der Waals surface area contributed by atoms with E-state index < -0.39 is 0 Å². The molecule has 0 fully saturated rings. The van der Waals surface area contributed by atoms with Gasteiger partial charge in [-0.05, 0) is 46.7 Å². The molecule has 0 saturated heterocycles. The first kappa shape index (κ1) is 14.2. The van der Waals surface area contributed by atoms with Crippen LogP contribution in [0.1, 0.15) is 19.7 Å². The number of nitrogens with one attached hydrogen (secondary N) is 1. The summed E-state index contributed by atoms with van der Waals surface area (Å²) in [6.45, 7) is 5.70. The molecule has 19 heavy (non-hydrogen) atoms. The summed E-state index contributed by atoms with van der Waals surface area (Å²) < 4.78 is 15.8. The molecule has 6 heteroatoms. The topological polar surface area (TPSA) is 42.7 Å². The number of benzene rings is 1. The predicted molar refractivity (Wildman–Crippen MR) is 81.3 cm³/mol. The highest BCUT2D eigenvalue weighted by Crippen LogP contribution is 2.19. The average Bonchev–Trinajstić information content (AvgIpc) is 2.74. The van der Waals surface area contributed by atoms with Crippen LogP contribution >= 0.6 is 22.6 Å². The second-order valence-electron chi connectivity index (χ2n) is 4.73. The molecule has 4 nitrogen and oxygen atoms in total. The lowest BCUT2D eigenvalue weighted by Crippen LogP contribution is -2.13. The van der Waals surface area contributed by atoms with Gasteiger partial charge in [-0.1, -0.05) is 13.8 Å². The zero-order valence-corrected chi connectivity index (χ0v) is 13.1. The van der Waals surface area contributed by atoms with Crippen molar-refractivity contribution in [1.82, 2.24) is 14.8 Å². The standard InChI is InChI=1S/C13H16FIN4/c1-9(2)7-19-13(17-8-18-19)6-16-12-4-3-10(14)5-11(12)15/h3-5,8-9,16H,6-7H2,1-2H3. The fourth-order valence-electron chi connectivity index (χ4n) is 1.73. The zero-order chi connectivity index (χ0) is 13.8. The lowest BCUT2D eigenvalue weighted by molar-refractivity contribution is 0.468. The van der Waals surface area contributed by atoms with Gasteiger partial charge in [0.1, 0.15) is 18.0 Å². The van der Waals surface area contributed by atoms with Gasteiger partial charge in [0.2, 0.25) is 0 Å². The third kappa shape index (κ3) is 3.89. The van der Waals surface area contributed by atoms with Crippen LogP contribution in [0.4, 0.5) is 10.1 Å². The Hall–Kier alpha value is -1.18. The molecule has 1 aromatic heterocycles. The van der Waals surface area contributed by atoms with Gasteiger partial charge >= 0.3 is 0 Å². The van der Waals surface area contributed by atoms with Crippen molar-refractivity contribution >= 4 is 28.3 Å². The maximum absolute atomic E-state index is 13.0. The molecular formula is C13H16FIN4. The minimum absolute atomic E-state index is 0.224. The van der Waals surface area contributed by atoms with E-state index in [1.807, 2.05) is 4.68 Å². The number of rotatable bonds is 5. The molecule has 1 heterocycles. The average molecular weight is 374 g/mol. The van der Waals surface area contributed by atoms with E-state index in [9.17, 15) is 4.39 Å². The first-order valence-corrected chi connectivity index (χ1v) is 7.19. The summed E-state index contributed by atoms with van der Waals surface area (Å²) in [5, 5.41) is 7.47. The molecule has 2 aromatic rings. The van der Waals surface area contributed by atoms with Gasteiger partial charge in [0.25, 0.3) is 0 Å². The van der Waals surface area contributed by atoms with Crippen LogP contribution in [0.15, 0.2) is 24.5 Å². The molecule has 0 aliphatic rings. The summed E-state index contributed by atoms with van der Waals surface area (Å²) in [7, 11) is 0. The maximum Gasteiger partial charge on any atom is 0.146 e. The molecule has 0 spiro atoms. The quantitative estimate of drug-likeness (QED) is 0.817. The van der Waals surface area contributed by atoms with Crippen LogP contribution in [-0.2, 0) is 13.1 Å². The highest BCUT2D eigenvalue weighted by atomic mass is 127. The molecular weight excluding hydrogens is 358 g/mol. The third-order valence-corrected chi connectivity index (χ3v) is 3.49. The Morgan fingerprint density at radius 3 is 2.89 bits per heavy atom. The molecule has 0 atom stereocenters. The van der Waals surface area contributed by atoms with E-state index in [1.54, 1.807) is 12.4 Å². The second kappa shape index (κ2) is 6.31. The summed E-state index contributed by atoms with van der Waals surface area (Å²) >= 11 is 2.11. The number of hydrogen-bond donors (Lipinski definition) is 1. The Balaban J connectivity index is 2.04. The second-order valence-corrected chi connectivity index (χ2v) is 5.89. The molecule has 0 radical (unpaired) electrons. The lowest BCUT2D eigenvalue weighted by atomic mass is 10.2. The molecule has 1 N–H and O–H groups in total. The van der Waals surface area contributed by atoms with Gasteiger partial charge in [-0.15, -0.1) is 0 Å². The van der Waals surface area contributed by atoms with Crippen molar-refractivity contribution in [3.05, 3.63) is 39.7 Å². The number of hydrogen-bond acceptors (Lipinski definition) is 3. The Kier molecular flexibility index (Phi) is 4.73. The van der Waals surface area contributed by atoms with Gasteiger partial charge in [-0.2, -0.15) is 5.10 Å². The van der Waals surface area contributed by atoms with E-state index >= 15 is 0 Å². The van der Waals surface area contributed by atoms with Gasteiger partial charge in [0, 0.05) is 15.8 Å². The van der Waals surface area contributed by atoms with Gasteiger partial charge < -0.3 is 5.32 Å². The lowest BCUT2D eigenvalue weighted by Gasteiger charge is -2.11. The maximum atomic E-state index is 13.0. The third-order valence-electron chi connectivity index (χ3n) is 2.60. The van der Waals surface area contributed by atoms with Crippen molar-refractivity contribution in [2.45, 2.75) is 26.9 Å². The molecule has 0 unspecified atom stereocenters. The summed E-state index contributed by atoms with van der Waals surface area (Å²) in [5.74, 6) is 1.18. The van der Waals surface area contributed by atoms with Crippen LogP contribution in [0, 0.1) is 15.3 Å². The van der Waals surface area contributed by atoms with E-state index in [2.05, 4.69) is 51.8 Å². The van der Waals surface area contributed by atoms with Gasteiger partial charge in [-0.3, -0.25) is 0 Å². The zero-order valence-electron chi connectivity index (χ0n) is 10.9. The van der Waals surface area contributed by atoms with Crippen LogP contribution in [-0.4, -0.2) is 14.8 Å². The van der Waals surface area contributed by atoms with Crippen LogP contribution in [0.2, 0.25) is 0 Å². The van der Waals surface area contributed by atoms with Gasteiger partial charge in [-0.25, -0.2) is 14.1 Å². The first-order valence-electron chi connectivity index (χ1n) is 6.12. The Morgan fingerprint density at radius 1 is 1.42 bits per heavy atom. The highest BCUT2D eigenvalue weighted by molar-refractivity contribution is 14.1. The number of nitrogens with zero attached hydrogens (tertiary/aromatic N) is 3. The first-order chi connectivity index (χ1) is 9.06. The van der Waals surface area contributed by atoms with E-state index in [0.717, 1.165) is 21.6 Å². The SMILES string of the molecule is CC(C)Cn1ncnc1CNc1ccc(F)cc1I.